The second-order valence-corrected chi connectivity index (χ2v) is 4.68. The van der Waals surface area contributed by atoms with Gasteiger partial charge < -0.3 is 0 Å². The van der Waals surface area contributed by atoms with Crippen molar-refractivity contribution in [3.63, 3.8) is 0 Å². The van der Waals surface area contributed by atoms with Crippen molar-refractivity contribution in [2.75, 3.05) is 18.1 Å². The van der Waals surface area contributed by atoms with Gasteiger partial charge >= 0.3 is 6.03 Å². The highest BCUT2D eigenvalue weighted by Gasteiger charge is 2.36. The predicted molar refractivity (Wildman–Crippen MR) is 75.9 cm³/mol. The quantitative estimate of drug-likeness (QED) is 0.489. The van der Waals surface area contributed by atoms with E-state index in [9.17, 15) is 9.59 Å². The molecule has 1 heterocycles. The van der Waals surface area contributed by atoms with E-state index in [4.69, 9.17) is 23.2 Å². The fourth-order valence-corrected chi connectivity index (χ4v) is 1.98. The van der Waals surface area contributed by atoms with E-state index in [1.807, 2.05) is 0 Å². The number of carbonyl (C=O) groups is 2. The van der Waals surface area contributed by atoms with Gasteiger partial charge in [-0.05, 0) is 30.4 Å². The zero-order chi connectivity index (χ0) is 14.0. The third-order valence-corrected chi connectivity index (χ3v) is 3.42. The summed E-state index contributed by atoms with van der Waals surface area (Å²) in [5.41, 5.74) is 0.501. The molecule has 0 bridgehead atoms. The zero-order valence-electron chi connectivity index (χ0n) is 9.47. The van der Waals surface area contributed by atoms with E-state index in [2.05, 4.69) is 22.4 Å². The lowest BCUT2D eigenvalue weighted by Gasteiger charge is -2.16. The maximum atomic E-state index is 12.1. The molecular formula is C11H7Cl2N3O2S. The van der Waals surface area contributed by atoms with E-state index in [0.717, 1.165) is 4.90 Å². The minimum atomic E-state index is -0.475. The standard InChI is InChI=1S/C11H7Cl2N3O2S/c12-8-2-1-7(3-9(8)13)15-4-10(17)16(11(15)18)5-14-6-19/h1-3H,4-5H2. The topological polar surface area (TPSA) is 53.0 Å². The number of imide groups is 1. The number of isothiocyanates is 1. The van der Waals surface area contributed by atoms with Gasteiger partial charge in [0.05, 0.1) is 15.2 Å². The van der Waals surface area contributed by atoms with E-state index in [1.165, 1.54) is 11.0 Å². The molecule has 3 amide bonds. The average molecular weight is 316 g/mol. The highest BCUT2D eigenvalue weighted by molar-refractivity contribution is 7.78. The van der Waals surface area contributed by atoms with Crippen LogP contribution in [0.2, 0.25) is 10.0 Å². The van der Waals surface area contributed by atoms with Gasteiger partial charge in [-0.3, -0.25) is 9.69 Å². The first-order chi connectivity index (χ1) is 9.04. The van der Waals surface area contributed by atoms with Crippen molar-refractivity contribution in [1.82, 2.24) is 4.90 Å². The molecule has 0 spiro atoms. The Labute approximate surface area is 124 Å². The number of halogens is 2. The molecule has 0 aliphatic carbocycles. The van der Waals surface area contributed by atoms with Crippen LogP contribution in [0.5, 0.6) is 0 Å². The third-order valence-electron chi connectivity index (χ3n) is 2.55. The lowest BCUT2D eigenvalue weighted by atomic mass is 10.3. The molecule has 1 aromatic rings. The molecule has 1 fully saturated rings. The summed E-state index contributed by atoms with van der Waals surface area (Å²) in [4.78, 5) is 29.6. The molecule has 0 saturated carbocycles. The van der Waals surface area contributed by atoms with Gasteiger partial charge in [-0.15, -0.1) is 0 Å². The Morgan fingerprint density at radius 2 is 2.05 bits per heavy atom. The summed E-state index contributed by atoms with van der Waals surface area (Å²) in [6.07, 6.45) is 0. The van der Waals surface area contributed by atoms with E-state index in [1.54, 1.807) is 12.1 Å². The van der Waals surface area contributed by atoms with Gasteiger partial charge in [-0.2, -0.15) is 0 Å². The summed E-state index contributed by atoms with van der Waals surface area (Å²) in [5.74, 6) is -0.356. The number of hydrogen-bond donors (Lipinski definition) is 0. The molecule has 19 heavy (non-hydrogen) atoms. The van der Waals surface area contributed by atoms with Crippen LogP contribution in [0.25, 0.3) is 0 Å². The number of carbonyl (C=O) groups excluding carboxylic acids is 2. The van der Waals surface area contributed by atoms with Crippen LogP contribution in [-0.2, 0) is 4.79 Å². The summed E-state index contributed by atoms with van der Waals surface area (Å²) in [6.45, 7) is -0.192. The molecule has 1 aliphatic heterocycles. The SMILES string of the molecule is O=C1CN(c2ccc(Cl)c(Cl)c2)C(=O)N1CN=C=S. The van der Waals surface area contributed by atoms with Gasteiger partial charge in [0.15, 0.2) is 0 Å². The molecule has 0 atom stereocenters. The molecule has 0 radical (unpaired) electrons. The molecule has 1 aliphatic rings. The normalized spacial score (nSPS) is 14.8. The van der Waals surface area contributed by atoms with E-state index >= 15 is 0 Å². The fourth-order valence-electron chi connectivity index (χ4n) is 1.63. The highest BCUT2D eigenvalue weighted by atomic mass is 35.5. The first-order valence-electron chi connectivity index (χ1n) is 5.15. The number of anilines is 1. The lowest BCUT2D eigenvalue weighted by molar-refractivity contribution is -0.124. The average Bonchev–Trinajstić information content (AvgIpc) is 2.66. The van der Waals surface area contributed by atoms with Crippen molar-refractivity contribution >= 4 is 58.2 Å². The van der Waals surface area contributed by atoms with Crippen LogP contribution in [-0.4, -0.2) is 35.2 Å². The van der Waals surface area contributed by atoms with Crippen molar-refractivity contribution < 1.29 is 9.59 Å². The molecule has 1 saturated heterocycles. The number of nitrogens with zero attached hydrogens (tertiary/aromatic N) is 3. The highest BCUT2D eigenvalue weighted by Crippen LogP contribution is 2.29. The van der Waals surface area contributed by atoms with Gasteiger partial charge in [-0.25, -0.2) is 14.7 Å². The molecule has 0 aromatic heterocycles. The molecule has 8 heteroatoms. The second kappa shape index (κ2) is 5.67. The third kappa shape index (κ3) is 2.77. The first kappa shape index (κ1) is 14.0. The number of urea groups is 1. The minimum Gasteiger partial charge on any atom is -0.284 e. The number of benzene rings is 1. The summed E-state index contributed by atoms with van der Waals surface area (Å²) >= 11 is 16.1. The van der Waals surface area contributed by atoms with Crippen molar-refractivity contribution in [2.45, 2.75) is 0 Å². The van der Waals surface area contributed by atoms with Gasteiger partial charge in [-0.1, -0.05) is 23.2 Å². The monoisotopic (exact) mass is 315 g/mol. The van der Waals surface area contributed by atoms with Crippen LogP contribution in [0, 0.1) is 0 Å². The van der Waals surface area contributed by atoms with Gasteiger partial charge in [0.1, 0.15) is 13.2 Å². The van der Waals surface area contributed by atoms with Crippen LogP contribution in [0.15, 0.2) is 23.2 Å². The summed E-state index contributed by atoms with van der Waals surface area (Å²) in [7, 11) is 0. The molecule has 0 N–H and O–H groups in total. The second-order valence-electron chi connectivity index (χ2n) is 3.68. The van der Waals surface area contributed by atoms with Crippen molar-refractivity contribution in [3.8, 4) is 0 Å². The van der Waals surface area contributed by atoms with Crippen LogP contribution in [0.3, 0.4) is 0 Å². The summed E-state index contributed by atoms with van der Waals surface area (Å²) in [5, 5.41) is 2.81. The molecule has 2 rings (SSSR count). The Hall–Kier alpha value is -1.46. The summed E-state index contributed by atoms with van der Waals surface area (Å²) < 4.78 is 0. The van der Waals surface area contributed by atoms with E-state index in [0.29, 0.717) is 15.7 Å². The Morgan fingerprint density at radius 1 is 1.32 bits per heavy atom. The maximum Gasteiger partial charge on any atom is 0.333 e. The summed E-state index contributed by atoms with van der Waals surface area (Å²) in [6, 6.07) is 4.23. The lowest BCUT2D eigenvalue weighted by Crippen LogP contribution is -2.33. The number of thiocarbonyl (C=S) groups is 1. The van der Waals surface area contributed by atoms with Crippen LogP contribution in [0.4, 0.5) is 10.5 Å². The van der Waals surface area contributed by atoms with Crippen LogP contribution in [0.1, 0.15) is 0 Å². The Balaban J connectivity index is 2.27. The maximum absolute atomic E-state index is 12.1. The predicted octanol–water partition coefficient (Wildman–Crippen LogP) is 2.82. The number of hydrogen-bond acceptors (Lipinski definition) is 4. The Bertz CT molecular complexity index is 602. The minimum absolute atomic E-state index is 0.0657. The first-order valence-corrected chi connectivity index (χ1v) is 6.31. The van der Waals surface area contributed by atoms with Crippen molar-refractivity contribution in [1.29, 1.82) is 0 Å². The van der Waals surface area contributed by atoms with Crippen molar-refractivity contribution in [3.05, 3.63) is 28.2 Å². The molecule has 98 valence electrons. The largest absolute Gasteiger partial charge is 0.333 e. The number of amides is 3. The van der Waals surface area contributed by atoms with Gasteiger partial charge in [0.2, 0.25) is 0 Å². The smallest absolute Gasteiger partial charge is 0.284 e. The van der Waals surface area contributed by atoms with Crippen LogP contribution < -0.4 is 4.90 Å². The van der Waals surface area contributed by atoms with E-state index in [-0.39, 0.29) is 19.1 Å². The zero-order valence-corrected chi connectivity index (χ0v) is 11.8. The number of aliphatic imine (C=N–C) groups is 1. The fraction of sp³-hybridized carbons (Fsp3) is 0.182. The van der Waals surface area contributed by atoms with Crippen molar-refractivity contribution in [2.24, 2.45) is 4.99 Å². The van der Waals surface area contributed by atoms with Gasteiger partial charge in [0, 0.05) is 5.69 Å². The van der Waals surface area contributed by atoms with Crippen LogP contribution >= 0.6 is 35.4 Å². The molecule has 1 aromatic carbocycles. The number of rotatable bonds is 3. The Morgan fingerprint density at radius 3 is 2.68 bits per heavy atom. The van der Waals surface area contributed by atoms with Gasteiger partial charge in [0.25, 0.3) is 5.91 Å². The Kier molecular flexibility index (Phi) is 4.17. The molecular weight excluding hydrogens is 309 g/mol. The molecule has 0 unspecified atom stereocenters. The molecule has 5 nitrogen and oxygen atoms in total. The van der Waals surface area contributed by atoms with E-state index < -0.39 is 6.03 Å².